The molecule has 0 aromatic carbocycles. The monoisotopic (exact) mass is 227 g/mol. The second-order valence-electron chi connectivity index (χ2n) is 1.60. The van der Waals surface area contributed by atoms with Crippen LogP contribution in [0.4, 0.5) is 0 Å². The molecule has 0 radical (unpaired) electrons. The maximum atomic E-state index is 3.74. The Labute approximate surface area is 73.3 Å². The van der Waals surface area contributed by atoms with Crippen LogP contribution < -0.4 is 0 Å². The van der Waals surface area contributed by atoms with Gasteiger partial charge in [0.15, 0.2) is 0 Å². The second kappa shape index (κ2) is 11.0. The van der Waals surface area contributed by atoms with Gasteiger partial charge in [-0.25, -0.2) is 0 Å². The van der Waals surface area contributed by atoms with Gasteiger partial charge in [-0.1, -0.05) is 28.8 Å². The number of hydrogen-bond acceptors (Lipinski definition) is 0. The molecule has 8 heavy (non-hydrogen) atoms. The van der Waals surface area contributed by atoms with Crippen LogP contribution in [0, 0.1) is 6.92 Å². The van der Waals surface area contributed by atoms with Crippen molar-refractivity contribution in [2.75, 3.05) is 5.33 Å². The van der Waals surface area contributed by atoms with Gasteiger partial charge in [0.05, 0.1) is 0 Å². The van der Waals surface area contributed by atoms with Crippen LogP contribution in [0.2, 0.25) is 0 Å². The molecule has 0 amide bonds. The molecule has 0 unspecified atom stereocenters. The SMILES string of the molecule is [CH2-]CCCCCBr.[Zn]. The van der Waals surface area contributed by atoms with Crippen LogP contribution in [0.1, 0.15) is 25.7 Å². The van der Waals surface area contributed by atoms with Gasteiger partial charge in [0, 0.05) is 24.8 Å². The molecule has 0 rings (SSSR count). The van der Waals surface area contributed by atoms with E-state index in [4.69, 9.17) is 0 Å². The zero-order valence-electron chi connectivity index (χ0n) is 5.33. The van der Waals surface area contributed by atoms with Crippen molar-refractivity contribution >= 4 is 15.9 Å². The first-order valence-corrected chi connectivity index (χ1v) is 3.89. The molecule has 0 nitrogen and oxygen atoms in total. The number of alkyl halides is 1. The quantitative estimate of drug-likeness (QED) is 0.301. The van der Waals surface area contributed by atoms with Crippen LogP contribution in [-0.4, -0.2) is 5.33 Å². The van der Waals surface area contributed by atoms with Crippen molar-refractivity contribution in [2.45, 2.75) is 25.7 Å². The van der Waals surface area contributed by atoms with Crippen molar-refractivity contribution in [1.29, 1.82) is 0 Å². The molecule has 0 atom stereocenters. The van der Waals surface area contributed by atoms with Crippen molar-refractivity contribution in [3.63, 3.8) is 0 Å². The van der Waals surface area contributed by atoms with Crippen LogP contribution in [-0.2, 0) is 19.5 Å². The summed E-state index contributed by atoms with van der Waals surface area (Å²) in [6, 6.07) is 0. The molecule has 0 N–H and O–H groups in total. The average Bonchev–Trinajstić information content (AvgIpc) is 1.69. The zero-order chi connectivity index (χ0) is 5.54. The summed E-state index contributed by atoms with van der Waals surface area (Å²) < 4.78 is 0. The predicted molar refractivity (Wildman–Crippen MR) is 37.6 cm³/mol. The maximum absolute atomic E-state index is 3.74. The third-order valence-corrected chi connectivity index (χ3v) is 1.44. The summed E-state index contributed by atoms with van der Waals surface area (Å²) in [6.07, 6.45) is 5.00. The van der Waals surface area contributed by atoms with Crippen molar-refractivity contribution in [1.82, 2.24) is 0 Å². The number of rotatable bonds is 4. The van der Waals surface area contributed by atoms with E-state index in [2.05, 4.69) is 22.9 Å². The fourth-order valence-corrected chi connectivity index (χ4v) is 0.845. The fourth-order valence-electron chi connectivity index (χ4n) is 0.448. The van der Waals surface area contributed by atoms with Crippen LogP contribution in [0.5, 0.6) is 0 Å². The molecule has 0 saturated carbocycles. The smallest absolute Gasteiger partial charge is 0.00312 e. The molecule has 0 aliphatic rings. The first-order chi connectivity index (χ1) is 3.41. The molecule has 0 aromatic rings. The molecule has 0 heterocycles. The van der Waals surface area contributed by atoms with Gasteiger partial charge < -0.3 is 6.92 Å². The minimum Gasteiger partial charge on any atom is -0.343 e. The normalized spacial score (nSPS) is 8.25. The number of unbranched alkanes of at least 4 members (excludes halogenated alkanes) is 3. The minimum atomic E-state index is 0. The van der Waals surface area contributed by atoms with Crippen molar-refractivity contribution < 1.29 is 19.5 Å². The molecule has 0 aliphatic carbocycles. The number of hydrogen-bond donors (Lipinski definition) is 0. The van der Waals surface area contributed by atoms with E-state index in [1.807, 2.05) is 0 Å². The van der Waals surface area contributed by atoms with E-state index < -0.39 is 0 Å². The van der Waals surface area contributed by atoms with Crippen LogP contribution in [0.25, 0.3) is 0 Å². The predicted octanol–water partition coefficient (Wildman–Crippen LogP) is 2.77. The average molecular weight is 229 g/mol. The van der Waals surface area contributed by atoms with Gasteiger partial charge >= 0.3 is 0 Å². The van der Waals surface area contributed by atoms with E-state index in [-0.39, 0.29) is 19.5 Å². The molecule has 2 heteroatoms. The van der Waals surface area contributed by atoms with Gasteiger partial charge in [0.2, 0.25) is 0 Å². The number of halogens is 1. The molecule has 0 spiro atoms. The third kappa shape index (κ3) is 10.2. The molecular weight excluding hydrogens is 217 g/mol. The van der Waals surface area contributed by atoms with Gasteiger partial charge in [0.1, 0.15) is 0 Å². The molecule has 46 valence electrons. The topological polar surface area (TPSA) is 0 Å². The Hall–Kier alpha value is 1.10. The Morgan fingerprint density at radius 1 is 1.12 bits per heavy atom. The van der Waals surface area contributed by atoms with Crippen LogP contribution in [0.3, 0.4) is 0 Å². The van der Waals surface area contributed by atoms with Crippen LogP contribution in [0.15, 0.2) is 0 Å². The first-order valence-electron chi connectivity index (χ1n) is 2.77. The van der Waals surface area contributed by atoms with E-state index in [9.17, 15) is 0 Å². The van der Waals surface area contributed by atoms with Crippen molar-refractivity contribution in [2.24, 2.45) is 0 Å². The summed E-state index contributed by atoms with van der Waals surface area (Å²) in [5, 5.41) is 1.15. The zero-order valence-corrected chi connectivity index (χ0v) is 9.88. The fraction of sp³-hybridized carbons (Fsp3) is 0.833. The Morgan fingerprint density at radius 2 is 1.75 bits per heavy atom. The van der Waals surface area contributed by atoms with Gasteiger partial charge in [-0.3, -0.25) is 0 Å². The molecular formula is C6H12BrZn-. The molecule has 0 fully saturated rings. The van der Waals surface area contributed by atoms with Crippen molar-refractivity contribution in [3.05, 3.63) is 6.92 Å². The van der Waals surface area contributed by atoms with Gasteiger partial charge in [0.25, 0.3) is 0 Å². The molecule has 0 aromatic heterocycles. The third-order valence-electron chi connectivity index (χ3n) is 0.884. The molecule has 0 aliphatic heterocycles. The summed E-state index contributed by atoms with van der Waals surface area (Å²) in [7, 11) is 0. The van der Waals surface area contributed by atoms with Gasteiger partial charge in [-0.2, -0.15) is 6.42 Å². The summed E-state index contributed by atoms with van der Waals surface area (Å²) in [5.41, 5.74) is 0. The second-order valence-corrected chi connectivity index (χ2v) is 2.40. The van der Waals surface area contributed by atoms with E-state index in [0.717, 1.165) is 11.8 Å². The summed E-state index contributed by atoms with van der Waals surface area (Å²) >= 11 is 3.36. The van der Waals surface area contributed by atoms with Crippen LogP contribution >= 0.6 is 15.9 Å². The van der Waals surface area contributed by atoms with Gasteiger partial charge in [-0.05, 0) is 6.42 Å². The summed E-state index contributed by atoms with van der Waals surface area (Å²) in [6.45, 7) is 3.74. The largest absolute Gasteiger partial charge is 0.343 e. The molecule has 0 bridgehead atoms. The Bertz CT molecular complexity index is 27.7. The van der Waals surface area contributed by atoms with E-state index in [1.165, 1.54) is 19.3 Å². The van der Waals surface area contributed by atoms with Gasteiger partial charge in [-0.15, -0.1) is 0 Å². The Kier molecular flexibility index (Phi) is 16.3. The Balaban J connectivity index is 0. The molecule has 0 saturated heterocycles. The summed E-state index contributed by atoms with van der Waals surface area (Å²) in [4.78, 5) is 0. The first kappa shape index (κ1) is 11.8. The van der Waals surface area contributed by atoms with E-state index >= 15 is 0 Å². The minimum absolute atomic E-state index is 0. The maximum Gasteiger partial charge on any atom is 0.00312 e. The summed E-state index contributed by atoms with van der Waals surface area (Å²) in [5.74, 6) is 0. The van der Waals surface area contributed by atoms with E-state index in [1.54, 1.807) is 0 Å². The Morgan fingerprint density at radius 3 is 2.12 bits per heavy atom. The van der Waals surface area contributed by atoms with E-state index in [0.29, 0.717) is 0 Å². The standard InChI is InChI=1S/C6H12Br.Zn/c1-2-3-4-5-6-7;/h1-6H2;/q-1;. The van der Waals surface area contributed by atoms with Crippen molar-refractivity contribution in [3.8, 4) is 0 Å².